The average molecular weight is 1380 g/mol. The van der Waals surface area contributed by atoms with Crippen LogP contribution < -0.4 is 0 Å². The molecule has 0 amide bonds. The van der Waals surface area contributed by atoms with Gasteiger partial charge in [-0.1, -0.05) is 322 Å². The molecule has 0 spiro atoms. The van der Waals surface area contributed by atoms with Crippen LogP contribution in [-0.2, 0) is 65.4 Å². The molecule has 0 aliphatic carbocycles. The summed E-state index contributed by atoms with van der Waals surface area (Å²) in [6.07, 6.45) is 61.9. The molecule has 0 saturated heterocycles. The Balaban J connectivity index is 5.22. The zero-order valence-corrected chi connectivity index (χ0v) is 62.2. The molecule has 554 valence electrons. The van der Waals surface area contributed by atoms with Crippen molar-refractivity contribution in [2.24, 2.45) is 0 Å². The summed E-state index contributed by atoms with van der Waals surface area (Å²) in [5, 5.41) is 10.6. The monoisotopic (exact) mass is 1380 g/mol. The predicted molar refractivity (Wildman–Crippen MR) is 381 cm³/mol. The van der Waals surface area contributed by atoms with E-state index in [9.17, 15) is 43.2 Å². The first-order valence-electron chi connectivity index (χ1n) is 38.6. The summed E-state index contributed by atoms with van der Waals surface area (Å²) in [6, 6.07) is 0. The van der Waals surface area contributed by atoms with Gasteiger partial charge in [0.25, 0.3) is 0 Å². The molecule has 0 aromatic rings. The molecule has 0 aromatic carbocycles. The van der Waals surface area contributed by atoms with E-state index in [0.717, 1.165) is 116 Å². The molecule has 17 nitrogen and oxygen atoms in total. The Morgan fingerprint density at radius 3 is 0.777 bits per heavy atom. The number of aliphatic hydroxyl groups is 1. The molecule has 0 fully saturated rings. The molecule has 0 saturated carbocycles. The van der Waals surface area contributed by atoms with Crippen LogP contribution in [0.3, 0.4) is 0 Å². The van der Waals surface area contributed by atoms with Crippen LogP contribution in [0.1, 0.15) is 374 Å². The fourth-order valence-electron chi connectivity index (χ4n) is 11.0. The minimum atomic E-state index is -4.96. The number of esters is 4. The Morgan fingerprint density at radius 2 is 0.511 bits per heavy atom. The number of ether oxygens (including phenoxy) is 4. The van der Waals surface area contributed by atoms with Gasteiger partial charge in [0.1, 0.15) is 19.3 Å². The summed E-state index contributed by atoms with van der Waals surface area (Å²) in [5.41, 5.74) is 0. The van der Waals surface area contributed by atoms with Gasteiger partial charge in [-0.05, 0) is 51.4 Å². The van der Waals surface area contributed by atoms with Crippen molar-refractivity contribution < 1.29 is 80.2 Å². The molecule has 0 bridgehead atoms. The molecule has 3 N–H and O–H groups in total. The highest BCUT2D eigenvalue weighted by molar-refractivity contribution is 7.47. The number of carbonyl (C=O) groups excluding carboxylic acids is 4. The van der Waals surface area contributed by atoms with E-state index in [2.05, 4.69) is 52.0 Å². The van der Waals surface area contributed by atoms with Crippen molar-refractivity contribution in [3.05, 3.63) is 24.3 Å². The van der Waals surface area contributed by atoms with Crippen LogP contribution >= 0.6 is 15.6 Å². The number of aliphatic hydroxyl groups excluding tert-OH is 1. The molecule has 0 aliphatic heterocycles. The second-order valence-corrected chi connectivity index (χ2v) is 29.3. The minimum absolute atomic E-state index is 0.102. The average Bonchev–Trinajstić information content (AvgIpc) is 1.44. The number of unbranched alkanes of at least 4 members (excludes halogenated alkanes) is 45. The van der Waals surface area contributed by atoms with Gasteiger partial charge in [0.05, 0.1) is 26.4 Å². The normalized spacial score (nSPS) is 14.1. The van der Waals surface area contributed by atoms with Crippen molar-refractivity contribution in [2.75, 3.05) is 39.6 Å². The third-order valence-corrected chi connectivity index (χ3v) is 18.9. The molecule has 19 heteroatoms. The molecule has 0 heterocycles. The van der Waals surface area contributed by atoms with Gasteiger partial charge < -0.3 is 33.8 Å². The second kappa shape index (κ2) is 69.0. The number of rotatable bonds is 74. The van der Waals surface area contributed by atoms with Crippen molar-refractivity contribution in [2.45, 2.75) is 393 Å². The fraction of sp³-hybridized carbons (Fsp3) is 0.893. The zero-order valence-electron chi connectivity index (χ0n) is 60.4. The van der Waals surface area contributed by atoms with Crippen molar-refractivity contribution in [3.63, 3.8) is 0 Å². The second-order valence-electron chi connectivity index (χ2n) is 26.4. The van der Waals surface area contributed by atoms with Crippen molar-refractivity contribution in [1.82, 2.24) is 0 Å². The number of phosphoric ester groups is 2. The van der Waals surface area contributed by atoms with Gasteiger partial charge in [-0.2, -0.15) is 0 Å². The first-order chi connectivity index (χ1) is 45.7. The lowest BCUT2D eigenvalue weighted by Crippen LogP contribution is -2.30. The van der Waals surface area contributed by atoms with Crippen molar-refractivity contribution in [1.29, 1.82) is 0 Å². The quantitative estimate of drug-likeness (QED) is 0.0169. The molecule has 94 heavy (non-hydrogen) atoms. The Hall–Kier alpha value is -2.46. The van der Waals surface area contributed by atoms with Gasteiger partial charge in [0.2, 0.25) is 0 Å². The number of allylic oxidation sites excluding steroid dienone is 4. The molecular formula is C75H142O17P2. The smallest absolute Gasteiger partial charge is 0.462 e. The van der Waals surface area contributed by atoms with E-state index in [1.165, 1.54) is 180 Å². The largest absolute Gasteiger partial charge is 0.472 e. The Kier molecular flexibility index (Phi) is 67.2. The lowest BCUT2D eigenvalue weighted by atomic mass is 10.0. The Morgan fingerprint density at radius 1 is 0.298 bits per heavy atom. The van der Waals surface area contributed by atoms with E-state index in [4.69, 9.17) is 37.0 Å². The highest BCUT2D eigenvalue weighted by Crippen LogP contribution is 2.45. The molecule has 0 radical (unpaired) electrons. The first kappa shape index (κ1) is 91.5. The summed E-state index contributed by atoms with van der Waals surface area (Å²) < 4.78 is 68.3. The first-order valence-corrected chi connectivity index (χ1v) is 41.6. The van der Waals surface area contributed by atoms with Gasteiger partial charge in [-0.25, -0.2) is 9.13 Å². The Labute approximate surface area is 573 Å². The summed E-state index contributed by atoms with van der Waals surface area (Å²) in [7, 11) is -9.91. The van der Waals surface area contributed by atoms with Crippen molar-refractivity contribution >= 4 is 39.5 Å². The van der Waals surface area contributed by atoms with Crippen LogP contribution in [0.15, 0.2) is 24.3 Å². The minimum Gasteiger partial charge on any atom is -0.462 e. The van der Waals surface area contributed by atoms with Gasteiger partial charge in [-0.3, -0.25) is 37.3 Å². The molecule has 0 aliphatic rings. The topological polar surface area (TPSA) is 237 Å². The molecule has 5 atom stereocenters. The van der Waals surface area contributed by atoms with Crippen LogP contribution in [-0.4, -0.2) is 96.7 Å². The maximum absolute atomic E-state index is 13.1. The van der Waals surface area contributed by atoms with Gasteiger partial charge in [-0.15, -0.1) is 0 Å². The van der Waals surface area contributed by atoms with Gasteiger partial charge in [0, 0.05) is 25.7 Å². The van der Waals surface area contributed by atoms with E-state index < -0.39 is 97.5 Å². The predicted octanol–water partition coefficient (Wildman–Crippen LogP) is 21.8. The van der Waals surface area contributed by atoms with Crippen LogP contribution in [0, 0.1) is 0 Å². The third-order valence-electron chi connectivity index (χ3n) is 17.0. The summed E-state index contributed by atoms with van der Waals surface area (Å²) >= 11 is 0. The van der Waals surface area contributed by atoms with Crippen molar-refractivity contribution in [3.8, 4) is 0 Å². The van der Waals surface area contributed by atoms with E-state index in [1.54, 1.807) is 0 Å². The SMILES string of the molecule is CCCCCC/C=C\C=C/CCCCCCCC(=O)OC[C@H](COP(=O)(O)OC[C@@H](O)COP(=O)(O)OC[C@@H](COC(=O)CCCCCCCCCC)OC(=O)CCCCCCCCCCCCC)OC(=O)CCCCCCCCCCCCCCCCCCCCCC. The summed E-state index contributed by atoms with van der Waals surface area (Å²) in [5.74, 6) is -2.15. The zero-order chi connectivity index (χ0) is 69.0. The highest BCUT2D eigenvalue weighted by Gasteiger charge is 2.30. The maximum atomic E-state index is 13.1. The summed E-state index contributed by atoms with van der Waals surface area (Å²) in [6.45, 7) is 4.88. The van der Waals surface area contributed by atoms with E-state index in [0.29, 0.717) is 25.7 Å². The molecule has 0 aromatic heterocycles. The van der Waals surface area contributed by atoms with Gasteiger partial charge in [0.15, 0.2) is 12.2 Å². The number of phosphoric acid groups is 2. The van der Waals surface area contributed by atoms with Crippen LogP contribution in [0.4, 0.5) is 0 Å². The lowest BCUT2D eigenvalue weighted by Gasteiger charge is -2.21. The Bertz CT molecular complexity index is 1880. The van der Waals surface area contributed by atoms with E-state index >= 15 is 0 Å². The number of carbonyl (C=O) groups is 4. The van der Waals surface area contributed by atoms with E-state index in [-0.39, 0.29) is 25.7 Å². The van der Waals surface area contributed by atoms with Crippen LogP contribution in [0.25, 0.3) is 0 Å². The molecule has 2 unspecified atom stereocenters. The fourth-order valence-corrected chi connectivity index (χ4v) is 12.6. The lowest BCUT2D eigenvalue weighted by molar-refractivity contribution is -0.161. The molecular weight excluding hydrogens is 1230 g/mol. The standard InChI is InChI=1S/C75H142O17P2/c1-5-9-13-17-21-25-28-30-32-33-34-35-36-38-40-43-46-50-54-58-62-75(80)92-71(66-86-73(78)60-56-52-48-44-42-39-37-31-29-26-22-18-14-10-6-2)68-90-94(83,84)88-64-69(76)63-87-93(81,82)89-67-70(65-85-72(77)59-55-51-47-24-20-16-12-8-4)91-74(79)61-57-53-49-45-41-27-23-19-15-11-7-3/h26,29,31,37,69-71,76H,5-25,27-28,30,32-36,38-68H2,1-4H3,(H,81,82)(H,83,84)/b29-26-,37-31-/t69-,70+,71+/m0/s1. The maximum Gasteiger partial charge on any atom is 0.472 e. The van der Waals surface area contributed by atoms with Gasteiger partial charge >= 0.3 is 39.5 Å². The third kappa shape index (κ3) is 68.1. The highest BCUT2D eigenvalue weighted by atomic mass is 31.2. The molecule has 0 rings (SSSR count). The number of hydrogen-bond donors (Lipinski definition) is 3. The van der Waals surface area contributed by atoms with Crippen LogP contribution in [0.5, 0.6) is 0 Å². The van der Waals surface area contributed by atoms with E-state index in [1.807, 2.05) is 0 Å². The summed E-state index contributed by atoms with van der Waals surface area (Å²) in [4.78, 5) is 72.6. The number of hydrogen-bond acceptors (Lipinski definition) is 15. The van der Waals surface area contributed by atoms with Crippen LogP contribution in [0.2, 0.25) is 0 Å².